The fourth-order valence-electron chi connectivity index (χ4n) is 0.200. The largest absolute Gasteiger partial charge is 0.303 e. The SMILES string of the molecule is C/[C]=N\N(C)C. The van der Waals surface area contributed by atoms with Crippen molar-refractivity contribution in [3.05, 3.63) is 0 Å². The van der Waals surface area contributed by atoms with E-state index in [2.05, 4.69) is 11.3 Å². The molecule has 0 saturated heterocycles. The van der Waals surface area contributed by atoms with Crippen LogP contribution in [-0.4, -0.2) is 25.3 Å². The fraction of sp³-hybridized carbons (Fsp3) is 0.750. The zero-order valence-corrected chi connectivity index (χ0v) is 4.39. The topological polar surface area (TPSA) is 15.6 Å². The predicted molar refractivity (Wildman–Crippen MR) is 26.8 cm³/mol. The molecule has 0 unspecified atom stereocenters. The molecule has 0 rings (SSSR count). The molecule has 0 atom stereocenters. The van der Waals surface area contributed by atoms with Gasteiger partial charge in [0.05, 0.1) is 6.21 Å². The van der Waals surface area contributed by atoms with Crippen molar-refractivity contribution in [1.29, 1.82) is 0 Å². The minimum absolute atomic E-state index is 1.69. The number of nitrogens with zero attached hydrogens (tertiary/aromatic N) is 2. The van der Waals surface area contributed by atoms with Crippen LogP contribution in [-0.2, 0) is 0 Å². The van der Waals surface area contributed by atoms with Gasteiger partial charge >= 0.3 is 0 Å². The lowest BCUT2D eigenvalue weighted by Gasteiger charge is -1.98. The zero-order chi connectivity index (χ0) is 4.99. The Morgan fingerprint density at radius 2 is 2.00 bits per heavy atom. The molecule has 35 valence electrons. The van der Waals surface area contributed by atoms with Crippen LogP contribution in [0.4, 0.5) is 0 Å². The standard InChI is InChI=1S/C4H9N2/c1-4-5-6(2)3/h1-3H3. The van der Waals surface area contributed by atoms with Gasteiger partial charge in [0.25, 0.3) is 0 Å². The highest BCUT2D eigenvalue weighted by molar-refractivity contribution is 5.52. The Bertz CT molecular complexity index is 47.5. The minimum atomic E-state index is 1.69. The molecule has 1 radical (unpaired) electrons. The maximum atomic E-state index is 3.71. The Kier molecular flexibility index (Phi) is 2.46. The van der Waals surface area contributed by atoms with Gasteiger partial charge in [0.1, 0.15) is 0 Å². The Morgan fingerprint density at radius 1 is 1.50 bits per heavy atom. The van der Waals surface area contributed by atoms with E-state index in [-0.39, 0.29) is 0 Å². The second-order valence-corrected chi connectivity index (χ2v) is 1.17. The highest BCUT2D eigenvalue weighted by atomic mass is 15.4. The van der Waals surface area contributed by atoms with E-state index in [9.17, 15) is 0 Å². The van der Waals surface area contributed by atoms with E-state index in [0.29, 0.717) is 0 Å². The van der Waals surface area contributed by atoms with E-state index in [1.165, 1.54) is 0 Å². The van der Waals surface area contributed by atoms with Gasteiger partial charge < -0.3 is 5.01 Å². The van der Waals surface area contributed by atoms with Crippen LogP contribution in [0.5, 0.6) is 0 Å². The first-order chi connectivity index (χ1) is 2.77. The van der Waals surface area contributed by atoms with Crippen molar-refractivity contribution in [2.45, 2.75) is 6.92 Å². The van der Waals surface area contributed by atoms with E-state index < -0.39 is 0 Å². The van der Waals surface area contributed by atoms with Crippen LogP contribution in [0.2, 0.25) is 0 Å². The average molecular weight is 85.1 g/mol. The Morgan fingerprint density at radius 3 is 2.00 bits per heavy atom. The Hall–Kier alpha value is -0.530. The summed E-state index contributed by atoms with van der Waals surface area (Å²) in [5.41, 5.74) is 0. The fourth-order valence-corrected chi connectivity index (χ4v) is 0.200. The second kappa shape index (κ2) is 2.69. The van der Waals surface area contributed by atoms with Crippen molar-refractivity contribution in [3.63, 3.8) is 0 Å². The van der Waals surface area contributed by atoms with Gasteiger partial charge in [-0.05, 0) is 6.92 Å². The Balaban J connectivity index is 3.03. The molecule has 0 heterocycles. The molecule has 0 saturated carbocycles. The van der Waals surface area contributed by atoms with Crippen molar-refractivity contribution in [3.8, 4) is 0 Å². The summed E-state index contributed by atoms with van der Waals surface area (Å²) in [5, 5.41) is 5.40. The maximum absolute atomic E-state index is 3.71. The van der Waals surface area contributed by atoms with Gasteiger partial charge in [-0.2, -0.15) is 5.10 Å². The lowest BCUT2D eigenvalue weighted by Crippen LogP contribution is -2.00. The molecule has 6 heavy (non-hydrogen) atoms. The van der Waals surface area contributed by atoms with E-state index >= 15 is 0 Å². The third-order valence-corrected chi connectivity index (χ3v) is 0.300. The summed E-state index contributed by atoms with van der Waals surface area (Å²) in [5.74, 6) is 0. The summed E-state index contributed by atoms with van der Waals surface area (Å²) >= 11 is 0. The number of hydrogen-bond acceptors (Lipinski definition) is 2. The third kappa shape index (κ3) is 3.47. The van der Waals surface area contributed by atoms with Gasteiger partial charge in [0.15, 0.2) is 0 Å². The van der Waals surface area contributed by atoms with E-state index in [1.54, 1.807) is 11.9 Å². The monoisotopic (exact) mass is 85.1 g/mol. The first-order valence-corrected chi connectivity index (χ1v) is 1.82. The lowest BCUT2D eigenvalue weighted by atomic mass is 10.9. The molecule has 0 fully saturated rings. The highest BCUT2D eigenvalue weighted by Crippen LogP contribution is 1.67. The molecule has 0 aliphatic carbocycles. The normalized spacial score (nSPS) is 9.83. The van der Waals surface area contributed by atoms with Crippen LogP contribution >= 0.6 is 0 Å². The minimum Gasteiger partial charge on any atom is -0.303 e. The quantitative estimate of drug-likeness (QED) is 0.333. The van der Waals surface area contributed by atoms with E-state index in [1.807, 2.05) is 14.1 Å². The summed E-state index contributed by atoms with van der Waals surface area (Å²) < 4.78 is 0. The first-order valence-electron chi connectivity index (χ1n) is 1.82. The van der Waals surface area contributed by atoms with Crippen molar-refractivity contribution in [1.82, 2.24) is 5.01 Å². The van der Waals surface area contributed by atoms with Gasteiger partial charge in [-0.1, -0.05) is 0 Å². The van der Waals surface area contributed by atoms with E-state index in [0.717, 1.165) is 0 Å². The van der Waals surface area contributed by atoms with Crippen LogP contribution in [0, 0.1) is 0 Å². The molecule has 0 aromatic rings. The van der Waals surface area contributed by atoms with Crippen molar-refractivity contribution in [2.75, 3.05) is 14.1 Å². The first kappa shape index (κ1) is 5.47. The molecular weight excluding hydrogens is 76.1 g/mol. The van der Waals surface area contributed by atoms with Gasteiger partial charge in [-0.15, -0.1) is 0 Å². The molecule has 0 aliphatic heterocycles. The van der Waals surface area contributed by atoms with Crippen LogP contribution in [0.3, 0.4) is 0 Å². The number of hydrazone groups is 1. The molecule has 2 nitrogen and oxygen atoms in total. The van der Waals surface area contributed by atoms with Crippen LogP contribution in [0.1, 0.15) is 6.92 Å². The number of rotatable bonds is 1. The Labute approximate surface area is 38.5 Å². The lowest BCUT2D eigenvalue weighted by molar-refractivity contribution is 0.440. The smallest absolute Gasteiger partial charge is 0.0803 e. The van der Waals surface area contributed by atoms with Crippen LogP contribution in [0.15, 0.2) is 5.10 Å². The van der Waals surface area contributed by atoms with Gasteiger partial charge in [-0.3, -0.25) is 0 Å². The molecule has 2 heteroatoms. The number of hydrogen-bond donors (Lipinski definition) is 0. The molecule has 0 spiro atoms. The molecule has 0 aromatic heterocycles. The summed E-state index contributed by atoms with van der Waals surface area (Å²) in [6, 6.07) is 0. The highest BCUT2D eigenvalue weighted by Gasteiger charge is 1.67. The van der Waals surface area contributed by atoms with Crippen LogP contribution < -0.4 is 0 Å². The molecule has 0 amide bonds. The molecule has 0 aromatic carbocycles. The summed E-state index contributed by atoms with van der Waals surface area (Å²) in [6.45, 7) is 1.76. The molecule has 0 N–H and O–H groups in total. The second-order valence-electron chi connectivity index (χ2n) is 1.17. The summed E-state index contributed by atoms with van der Waals surface area (Å²) in [6.07, 6.45) is 2.62. The van der Waals surface area contributed by atoms with Crippen molar-refractivity contribution in [2.24, 2.45) is 5.10 Å². The average Bonchev–Trinajstić information content (AvgIpc) is 1.35. The van der Waals surface area contributed by atoms with Crippen molar-refractivity contribution < 1.29 is 0 Å². The van der Waals surface area contributed by atoms with Gasteiger partial charge in [-0.25, -0.2) is 0 Å². The summed E-state index contributed by atoms with van der Waals surface area (Å²) in [7, 11) is 3.72. The molecule has 0 bridgehead atoms. The third-order valence-electron chi connectivity index (χ3n) is 0.300. The summed E-state index contributed by atoms with van der Waals surface area (Å²) in [4.78, 5) is 0. The predicted octanol–water partition coefficient (Wildman–Crippen LogP) is 0.431. The molecule has 0 aliphatic rings. The van der Waals surface area contributed by atoms with Crippen molar-refractivity contribution >= 4 is 6.21 Å². The molecular formula is C4H9N2. The maximum Gasteiger partial charge on any atom is 0.0803 e. The van der Waals surface area contributed by atoms with Crippen LogP contribution in [0.25, 0.3) is 0 Å². The van der Waals surface area contributed by atoms with E-state index in [4.69, 9.17) is 0 Å². The zero-order valence-electron chi connectivity index (χ0n) is 4.39. The van der Waals surface area contributed by atoms with Gasteiger partial charge in [0, 0.05) is 14.1 Å². The van der Waals surface area contributed by atoms with Gasteiger partial charge in [0.2, 0.25) is 0 Å².